The van der Waals surface area contributed by atoms with Gasteiger partial charge in [-0.3, -0.25) is 4.98 Å². The number of imidazole rings is 1. The van der Waals surface area contributed by atoms with Crippen molar-refractivity contribution < 1.29 is 4.39 Å². The number of nitrogens with one attached hydrogen (secondary N) is 1. The fourth-order valence-electron chi connectivity index (χ4n) is 3.19. The zero-order valence-corrected chi connectivity index (χ0v) is 13.4. The molecule has 2 aromatic heterocycles. The minimum atomic E-state index is -0.537. The first-order valence-electron chi connectivity index (χ1n) is 7.86. The number of H-pyrrole nitrogens is 1. The quantitative estimate of drug-likeness (QED) is 0.514. The van der Waals surface area contributed by atoms with Gasteiger partial charge in [0.15, 0.2) is 0 Å². The lowest BCUT2D eigenvalue weighted by atomic mass is 10.1. The monoisotopic (exact) mass is 337 g/mol. The maximum atomic E-state index is 14.4. The summed E-state index contributed by atoms with van der Waals surface area (Å²) in [6, 6.07) is 11.3. The molecule has 24 heavy (non-hydrogen) atoms. The standard InChI is InChI=1S/C19H13ClFN3/c20-19(5-6-19)14-7-16-17(8-15(14)21)24-18(23-16)13-10-22-9-11-3-1-2-4-12(11)13/h1-4,7-10H,5-6H2,(H,23,24). The molecule has 1 aliphatic carbocycles. The molecule has 1 saturated carbocycles. The first kappa shape index (κ1) is 13.9. The second-order valence-corrected chi connectivity index (χ2v) is 7.03. The van der Waals surface area contributed by atoms with Crippen molar-refractivity contribution in [3.63, 3.8) is 0 Å². The number of nitrogens with zero attached hydrogens (tertiary/aromatic N) is 2. The van der Waals surface area contributed by atoms with Gasteiger partial charge >= 0.3 is 0 Å². The van der Waals surface area contributed by atoms with E-state index in [4.69, 9.17) is 11.6 Å². The normalized spacial score (nSPS) is 15.9. The van der Waals surface area contributed by atoms with Gasteiger partial charge in [-0.25, -0.2) is 9.37 Å². The van der Waals surface area contributed by atoms with Crippen LogP contribution in [0, 0.1) is 5.82 Å². The number of benzene rings is 2. The number of hydrogen-bond acceptors (Lipinski definition) is 2. The number of halogens is 2. The fourth-order valence-corrected chi connectivity index (χ4v) is 3.43. The summed E-state index contributed by atoms with van der Waals surface area (Å²) < 4.78 is 14.4. The Morgan fingerprint density at radius 1 is 1.12 bits per heavy atom. The van der Waals surface area contributed by atoms with Crippen LogP contribution >= 0.6 is 11.6 Å². The molecule has 0 amide bonds. The second-order valence-electron chi connectivity index (χ2n) is 6.31. The van der Waals surface area contributed by atoms with Crippen LogP contribution < -0.4 is 0 Å². The lowest BCUT2D eigenvalue weighted by Gasteiger charge is -2.07. The summed E-state index contributed by atoms with van der Waals surface area (Å²) in [5, 5.41) is 2.10. The molecule has 2 aromatic carbocycles. The summed E-state index contributed by atoms with van der Waals surface area (Å²) in [6.45, 7) is 0. The smallest absolute Gasteiger partial charge is 0.140 e. The molecule has 1 fully saturated rings. The second kappa shape index (κ2) is 4.77. The van der Waals surface area contributed by atoms with Gasteiger partial charge in [0.2, 0.25) is 0 Å². The van der Waals surface area contributed by atoms with E-state index < -0.39 is 4.87 Å². The summed E-state index contributed by atoms with van der Waals surface area (Å²) in [4.78, 5) is 11.6. The summed E-state index contributed by atoms with van der Waals surface area (Å²) in [6.07, 6.45) is 5.22. The number of alkyl halides is 1. The van der Waals surface area contributed by atoms with Crippen molar-refractivity contribution in [3.8, 4) is 11.4 Å². The lowest BCUT2D eigenvalue weighted by Crippen LogP contribution is -2.00. The first-order chi connectivity index (χ1) is 11.6. The third kappa shape index (κ3) is 2.03. The van der Waals surface area contributed by atoms with Gasteiger partial charge in [0.25, 0.3) is 0 Å². The van der Waals surface area contributed by atoms with E-state index in [1.54, 1.807) is 12.3 Å². The summed E-state index contributed by atoms with van der Waals surface area (Å²) in [5.41, 5.74) is 2.85. The number of pyridine rings is 1. The summed E-state index contributed by atoms with van der Waals surface area (Å²) in [7, 11) is 0. The molecule has 118 valence electrons. The minimum absolute atomic E-state index is 0.288. The van der Waals surface area contributed by atoms with E-state index in [1.165, 1.54) is 6.07 Å². The van der Waals surface area contributed by atoms with Crippen molar-refractivity contribution in [1.29, 1.82) is 0 Å². The van der Waals surface area contributed by atoms with Gasteiger partial charge < -0.3 is 4.98 Å². The predicted octanol–water partition coefficient (Wildman–Crippen LogP) is 5.15. The van der Waals surface area contributed by atoms with E-state index in [-0.39, 0.29) is 5.82 Å². The topological polar surface area (TPSA) is 41.6 Å². The van der Waals surface area contributed by atoms with Gasteiger partial charge in [0, 0.05) is 35.0 Å². The van der Waals surface area contributed by atoms with Crippen molar-refractivity contribution >= 4 is 33.4 Å². The Hall–Kier alpha value is -2.46. The molecule has 0 spiro atoms. The summed E-state index contributed by atoms with van der Waals surface area (Å²) in [5.74, 6) is 0.398. The summed E-state index contributed by atoms with van der Waals surface area (Å²) >= 11 is 6.39. The predicted molar refractivity (Wildman–Crippen MR) is 93.6 cm³/mol. The number of hydrogen-bond donors (Lipinski definition) is 1. The van der Waals surface area contributed by atoms with Crippen molar-refractivity contribution in [2.75, 3.05) is 0 Å². The molecule has 2 heterocycles. The molecule has 0 saturated heterocycles. The molecule has 3 nitrogen and oxygen atoms in total. The Kier molecular flexibility index (Phi) is 2.77. The largest absolute Gasteiger partial charge is 0.338 e. The van der Waals surface area contributed by atoms with Gasteiger partial charge in [-0.15, -0.1) is 11.6 Å². The average molecular weight is 338 g/mol. The molecule has 5 rings (SSSR count). The van der Waals surface area contributed by atoms with E-state index in [0.717, 1.165) is 34.7 Å². The van der Waals surface area contributed by atoms with Gasteiger partial charge in [0.1, 0.15) is 11.6 Å². The third-order valence-corrected chi connectivity index (χ3v) is 5.25. The minimum Gasteiger partial charge on any atom is -0.338 e. The van der Waals surface area contributed by atoms with E-state index in [0.29, 0.717) is 16.9 Å². The molecule has 0 radical (unpaired) electrons. The van der Waals surface area contributed by atoms with Crippen LogP contribution in [0.3, 0.4) is 0 Å². The molecule has 1 N–H and O–H groups in total. The van der Waals surface area contributed by atoms with E-state index >= 15 is 0 Å². The Morgan fingerprint density at radius 3 is 2.79 bits per heavy atom. The number of fused-ring (bicyclic) bond motifs is 2. The van der Waals surface area contributed by atoms with Crippen LogP contribution in [0.25, 0.3) is 33.2 Å². The van der Waals surface area contributed by atoms with Crippen LogP contribution in [-0.4, -0.2) is 15.0 Å². The van der Waals surface area contributed by atoms with Crippen LogP contribution in [-0.2, 0) is 4.87 Å². The first-order valence-corrected chi connectivity index (χ1v) is 8.24. The van der Waals surface area contributed by atoms with Crippen LogP contribution in [0.2, 0.25) is 0 Å². The van der Waals surface area contributed by atoms with Crippen molar-refractivity contribution in [2.45, 2.75) is 17.7 Å². The lowest BCUT2D eigenvalue weighted by molar-refractivity contribution is 0.607. The third-order valence-electron chi connectivity index (χ3n) is 4.67. The Labute approximate surface area is 142 Å². The van der Waals surface area contributed by atoms with Gasteiger partial charge in [0.05, 0.1) is 15.9 Å². The van der Waals surface area contributed by atoms with Crippen LogP contribution in [0.5, 0.6) is 0 Å². The zero-order valence-electron chi connectivity index (χ0n) is 12.7. The molecule has 0 bridgehead atoms. The van der Waals surface area contributed by atoms with Crippen LogP contribution in [0.15, 0.2) is 48.8 Å². The molecule has 5 heteroatoms. The van der Waals surface area contributed by atoms with E-state index in [2.05, 4.69) is 15.0 Å². The Bertz CT molecular complexity index is 1090. The Balaban J connectivity index is 1.73. The molecule has 0 atom stereocenters. The molecular formula is C19H13ClFN3. The van der Waals surface area contributed by atoms with E-state index in [9.17, 15) is 4.39 Å². The van der Waals surface area contributed by atoms with Crippen molar-refractivity contribution in [3.05, 3.63) is 60.2 Å². The van der Waals surface area contributed by atoms with Gasteiger partial charge in [-0.05, 0) is 24.3 Å². The zero-order chi connectivity index (χ0) is 16.3. The fraction of sp³-hybridized carbons (Fsp3) is 0.158. The highest BCUT2D eigenvalue weighted by Crippen LogP contribution is 2.53. The molecule has 0 unspecified atom stereocenters. The van der Waals surface area contributed by atoms with Crippen LogP contribution in [0.4, 0.5) is 4.39 Å². The van der Waals surface area contributed by atoms with Gasteiger partial charge in [-0.1, -0.05) is 24.3 Å². The average Bonchev–Trinajstić information content (AvgIpc) is 3.20. The van der Waals surface area contributed by atoms with Crippen LogP contribution in [0.1, 0.15) is 18.4 Å². The molecule has 1 aliphatic rings. The Morgan fingerprint density at radius 2 is 1.96 bits per heavy atom. The van der Waals surface area contributed by atoms with Crippen molar-refractivity contribution in [1.82, 2.24) is 15.0 Å². The maximum Gasteiger partial charge on any atom is 0.140 e. The number of aromatic amines is 1. The van der Waals surface area contributed by atoms with Gasteiger partial charge in [-0.2, -0.15) is 0 Å². The highest BCUT2D eigenvalue weighted by atomic mass is 35.5. The van der Waals surface area contributed by atoms with Crippen molar-refractivity contribution in [2.24, 2.45) is 0 Å². The number of aromatic nitrogens is 3. The SMILES string of the molecule is Fc1cc2nc(-c3cncc4ccccc34)[nH]c2cc1C1(Cl)CC1. The van der Waals surface area contributed by atoms with E-state index in [1.807, 2.05) is 30.5 Å². The molecule has 4 aromatic rings. The number of rotatable bonds is 2. The maximum absolute atomic E-state index is 14.4. The highest BCUT2D eigenvalue weighted by molar-refractivity contribution is 6.26. The molecular weight excluding hydrogens is 325 g/mol. The molecule has 0 aliphatic heterocycles. The highest BCUT2D eigenvalue weighted by Gasteiger charge is 2.44.